The Bertz CT molecular complexity index is 676. The zero-order valence-corrected chi connectivity index (χ0v) is 14.4. The molecule has 1 atom stereocenters. The Morgan fingerprint density at radius 1 is 1.35 bits per heavy atom. The first-order chi connectivity index (χ1) is 11.2. The Kier molecular flexibility index (Phi) is 5.07. The fraction of sp³-hybridized carbons (Fsp3) is 0.562. The summed E-state index contributed by atoms with van der Waals surface area (Å²) in [5.41, 5.74) is 0.0116. The van der Waals surface area contributed by atoms with Gasteiger partial charge in [0.15, 0.2) is 5.82 Å². The van der Waals surface area contributed by atoms with Gasteiger partial charge in [-0.3, -0.25) is 4.79 Å². The lowest BCUT2D eigenvalue weighted by Gasteiger charge is -2.34. The summed E-state index contributed by atoms with van der Waals surface area (Å²) in [5.74, 6) is 0.584. The predicted molar refractivity (Wildman–Crippen MR) is 93.1 cm³/mol. The van der Waals surface area contributed by atoms with Crippen LogP contribution in [0.2, 0.25) is 0 Å². The van der Waals surface area contributed by atoms with Crippen LogP contribution in [0.5, 0.6) is 0 Å². The van der Waals surface area contributed by atoms with Crippen molar-refractivity contribution in [3.05, 3.63) is 39.3 Å². The number of hydrogen-bond donors (Lipinski definition) is 1. The molecule has 1 unspecified atom stereocenters. The van der Waals surface area contributed by atoms with Crippen LogP contribution in [0.3, 0.4) is 0 Å². The molecule has 3 rings (SSSR count). The van der Waals surface area contributed by atoms with Crippen LogP contribution < -0.4 is 15.8 Å². The molecule has 0 saturated carbocycles. The van der Waals surface area contributed by atoms with Crippen molar-refractivity contribution in [3.8, 4) is 0 Å². The first kappa shape index (κ1) is 16.1. The summed E-state index contributed by atoms with van der Waals surface area (Å²) < 4.78 is 1.71. The Hall–Kier alpha value is -1.73. The van der Waals surface area contributed by atoms with Gasteiger partial charge in [0, 0.05) is 49.6 Å². The number of nitrogens with zero attached hydrogens (tertiary/aromatic N) is 4. The molecule has 1 aliphatic heterocycles. The molecule has 0 bridgehead atoms. The molecular formula is C16H23N5OS. The van der Waals surface area contributed by atoms with Crippen molar-refractivity contribution in [1.82, 2.24) is 19.9 Å². The Balaban J connectivity index is 1.59. The van der Waals surface area contributed by atoms with Crippen LogP contribution in [-0.4, -0.2) is 33.7 Å². The molecule has 0 spiro atoms. The maximum Gasteiger partial charge on any atom is 0.293 e. The number of aryl methyl sites for hydroxylation is 1. The molecule has 0 amide bonds. The fourth-order valence-corrected chi connectivity index (χ4v) is 3.69. The van der Waals surface area contributed by atoms with Gasteiger partial charge in [-0.25, -0.2) is 9.97 Å². The summed E-state index contributed by atoms with van der Waals surface area (Å²) in [4.78, 5) is 23.1. The molecule has 2 aromatic heterocycles. The lowest BCUT2D eigenvalue weighted by atomic mass is 10.0. The van der Waals surface area contributed by atoms with Gasteiger partial charge in [-0.05, 0) is 26.7 Å². The van der Waals surface area contributed by atoms with Gasteiger partial charge < -0.3 is 14.8 Å². The highest BCUT2D eigenvalue weighted by Crippen LogP contribution is 2.20. The molecule has 1 N–H and O–H groups in total. The molecule has 1 fully saturated rings. The van der Waals surface area contributed by atoms with Crippen LogP contribution in [0.4, 0.5) is 5.82 Å². The van der Waals surface area contributed by atoms with E-state index in [-0.39, 0.29) is 11.6 Å². The summed E-state index contributed by atoms with van der Waals surface area (Å²) in [5, 5.41) is 6.79. The standard InChI is InChI=1S/C16H23N5OS/c1-3-20-10-6-17-14(16(20)22)21-8-4-13(5-9-21)19-12(2)15-18-7-11-23-15/h6-7,10-13,19H,3-5,8-9H2,1-2H3. The van der Waals surface area contributed by atoms with Gasteiger partial charge in [0.1, 0.15) is 5.01 Å². The second kappa shape index (κ2) is 7.23. The molecule has 0 aliphatic carbocycles. The van der Waals surface area contributed by atoms with Crippen molar-refractivity contribution in [2.75, 3.05) is 18.0 Å². The van der Waals surface area contributed by atoms with Gasteiger partial charge in [0.25, 0.3) is 5.56 Å². The van der Waals surface area contributed by atoms with E-state index >= 15 is 0 Å². The van der Waals surface area contributed by atoms with Crippen molar-refractivity contribution in [1.29, 1.82) is 0 Å². The highest BCUT2D eigenvalue weighted by atomic mass is 32.1. The lowest BCUT2D eigenvalue weighted by molar-refractivity contribution is 0.379. The Labute approximate surface area is 140 Å². The van der Waals surface area contributed by atoms with Crippen LogP contribution in [0, 0.1) is 0 Å². The molecule has 3 heterocycles. The van der Waals surface area contributed by atoms with Crippen LogP contribution in [0.1, 0.15) is 37.7 Å². The maximum absolute atomic E-state index is 12.4. The monoisotopic (exact) mass is 333 g/mol. The quantitative estimate of drug-likeness (QED) is 0.907. The molecule has 2 aromatic rings. The predicted octanol–water partition coefficient (Wildman–Crippen LogP) is 2.04. The van der Waals surface area contributed by atoms with Crippen LogP contribution >= 0.6 is 11.3 Å². The Morgan fingerprint density at radius 2 is 2.13 bits per heavy atom. The van der Waals surface area contributed by atoms with Crippen LogP contribution in [0.25, 0.3) is 0 Å². The van der Waals surface area contributed by atoms with Crippen LogP contribution in [0.15, 0.2) is 28.8 Å². The third kappa shape index (κ3) is 3.61. The number of anilines is 1. The summed E-state index contributed by atoms with van der Waals surface area (Å²) in [6.07, 6.45) is 7.33. The van der Waals surface area contributed by atoms with Crippen molar-refractivity contribution < 1.29 is 0 Å². The average Bonchev–Trinajstić information content (AvgIpc) is 3.11. The minimum atomic E-state index is 0.0116. The summed E-state index contributed by atoms with van der Waals surface area (Å²) in [6.45, 7) is 6.53. The van der Waals surface area contributed by atoms with E-state index < -0.39 is 0 Å². The topological polar surface area (TPSA) is 63.1 Å². The number of aromatic nitrogens is 3. The van der Waals surface area contributed by atoms with Crippen molar-refractivity contribution in [2.24, 2.45) is 0 Å². The van der Waals surface area contributed by atoms with Gasteiger partial charge in [0.2, 0.25) is 0 Å². The summed E-state index contributed by atoms with van der Waals surface area (Å²) in [6, 6.07) is 0.737. The first-order valence-corrected chi connectivity index (χ1v) is 9.02. The van der Waals surface area contributed by atoms with E-state index in [9.17, 15) is 4.79 Å². The van der Waals surface area contributed by atoms with Gasteiger partial charge >= 0.3 is 0 Å². The van der Waals surface area contributed by atoms with Gasteiger partial charge in [-0.2, -0.15) is 0 Å². The zero-order chi connectivity index (χ0) is 16.2. The van der Waals surface area contributed by atoms with Gasteiger partial charge in [-0.1, -0.05) is 0 Å². The second-order valence-electron chi connectivity index (χ2n) is 5.86. The Morgan fingerprint density at radius 3 is 2.78 bits per heavy atom. The van der Waals surface area contributed by atoms with Gasteiger partial charge in [0.05, 0.1) is 6.04 Å². The van der Waals surface area contributed by atoms with E-state index in [1.807, 2.05) is 18.5 Å². The fourth-order valence-electron chi connectivity index (χ4n) is 3.03. The van der Waals surface area contributed by atoms with E-state index in [1.54, 1.807) is 28.3 Å². The molecular weight excluding hydrogens is 310 g/mol. The van der Waals surface area contributed by atoms with Crippen molar-refractivity contribution in [2.45, 2.75) is 45.3 Å². The molecule has 0 aromatic carbocycles. The molecule has 23 heavy (non-hydrogen) atoms. The molecule has 1 saturated heterocycles. The summed E-state index contributed by atoms with van der Waals surface area (Å²) in [7, 11) is 0. The third-order valence-corrected chi connectivity index (χ3v) is 5.30. The second-order valence-corrected chi connectivity index (χ2v) is 6.79. The molecule has 6 nitrogen and oxygen atoms in total. The maximum atomic E-state index is 12.4. The SMILES string of the molecule is CCn1ccnc(N2CCC(NC(C)c3nccs3)CC2)c1=O. The summed E-state index contributed by atoms with van der Waals surface area (Å²) >= 11 is 1.68. The number of hydrogen-bond acceptors (Lipinski definition) is 6. The van der Waals surface area contributed by atoms with E-state index in [1.165, 1.54) is 0 Å². The molecule has 0 radical (unpaired) electrons. The van der Waals surface area contributed by atoms with Gasteiger partial charge in [-0.15, -0.1) is 11.3 Å². The highest BCUT2D eigenvalue weighted by molar-refractivity contribution is 7.09. The first-order valence-electron chi connectivity index (χ1n) is 8.15. The molecule has 7 heteroatoms. The molecule has 124 valence electrons. The number of piperidine rings is 1. The normalized spacial score (nSPS) is 17.4. The van der Waals surface area contributed by atoms with Crippen molar-refractivity contribution in [3.63, 3.8) is 0 Å². The van der Waals surface area contributed by atoms with E-state index in [0.717, 1.165) is 30.9 Å². The highest BCUT2D eigenvalue weighted by Gasteiger charge is 2.24. The number of rotatable bonds is 5. The van der Waals surface area contributed by atoms with E-state index in [2.05, 4.69) is 27.1 Å². The van der Waals surface area contributed by atoms with Crippen LogP contribution in [-0.2, 0) is 6.54 Å². The minimum absolute atomic E-state index is 0.0116. The lowest BCUT2D eigenvalue weighted by Crippen LogP contribution is -2.45. The van der Waals surface area contributed by atoms with E-state index in [4.69, 9.17) is 0 Å². The van der Waals surface area contributed by atoms with E-state index in [0.29, 0.717) is 18.4 Å². The van der Waals surface area contributed by atoms with Crippen molar-refractivity contribution >= 4 is 17.2 Å². The minimum Gasteiger partial charge on any atom is -0.352 e. The average molecular weight is 333 g/mol. The third-order valence-electron chi connectivity index (χ3n) is 4.34. The molecule has 1 aliphatic rings. The zero-order valence-electron chi connectivity index (χ0n) is 13.6. The largest absolute Gasteiger partial charge is 0.352 e. The number of nitrogens with one attached hydrogen (secondary N) is 1. The smallest absolute Gasteiger partial charge is 0.293 e. The number of thiazole rings is 1.